The molecule has 0 aliphatic rings. The molecule has 1 atom stereocenters. The molecule has 0 heterocycles. The molecule has 3 nitrogen and oxygen atoms in total. The maximum Gasteiger partial charge on any atom is 0.338 e. The van der Waals surface area contributed by atoms with Gasteiger partial charge in [0.25, 0.3) is 0 Å². The zero-order valence-electron chi connectivity index (χ0n) is 12.0. The van der Waals surface area contributed by atoms with Crippen LogP contribution in [0.5, 0.6) is 0 Å². The van der Waals surface area contributed by atoms with Gasteiger partial charge in [-0.3, -0.25) is 0 Å². The third-order valence-electron chi connectivity index (χ3n) is 3.09. The fourth-order valence-electron chi connectivity index (χ4n) is 2.09. The number of carbonyl (C=O) groups excluding carboxylic acids is 2. The maximum atomic E-state index is 11.8. The van der Waals surface area contributed by atoms with Crippen molar-refractivity contribution in [2.24, 2.45) is 5.92 Å². The van der Waals surface area contributed by atoms with E-state index in [-0.39, 0.29) is 11.9 Å². The van der Waals surface area contributed by atoms with Crippen LogP contribution in [-0.2, 0) is 16.0 Å². The quantitative estimate of drug-likeness (QED) is 0.526. The van der Waals surface area contributed by atoms with Crippen LogP contribution in [0, 0.1) is 5.92 Å². The number of rotatable bonds is 8. The number of unbranched alkanes of at least 4 members (excludes halogenated alkanes) is 1. The van der Waals surface area contributed by atoms with Crippen molar-refractivity contribution in [1.29, 1.82) is 0 Å². The molecule has 0 saturated carbocycles. The molecule has 0 unspecified atom stereocenters. The van der Waals surface area contributed by atoms with Crippen molar-refractivity contribution in [2.45, 2.75) is 39.5 Å². The number of esters is 1. The van der Waals surface area contributed by atoms with E-state index in [9.17, 15) is 9.59 Å². The van der Waals surface area contributed by atoms with E-state index in [0.29, 0.717) is 18.6 Å². The van der Waals surface area contributed by atoms with Crippen molar-refractivity contribution in [2.75, 3.05) is 6.61 Å². The van der Waals surface area contributed by atoms with E-state index in [1.807, 2.05) is 12.1 Å². The molecule has 0 N–H and O–H groups in total. The molecule has 0 spiro atoms. The lowest BCUT2D eigenvalue weighted by Crippen LogP contribution is -2.09. The van der Waals surface area contributed by atoms with E-state index in [1.165, 1.54) is 0 Å². The van der Waals surface area contributed by atoms with Crippen molar-refractivity contribution in [3.63, 3.8) is 0 Å². The van der Waals surface area contributed by atoms with E-state index in [4.69, 9.17) is 4.74 Å². The summed E-state index contributed by atoms with van der Waals surface area (Å²) >= 11 is 3.40. The zero-order chi connectivity index (χ0) is 15.0. The van der Waals surface area contributed by atoms with Gasteiger partial charge in [-0.05, 0) is 43.5 Å². The summed E-state index contributed by atoms with van der Waals surface area (Å²) in [5, 5.41) is 0. The van der Waals surface area contributed by atoms with Gasteiger partial charge in [-0.25, -0.2) is 4.79 Å². The second-order valence-corrected chi connectivity index (χ2v) is 5.73. The minimum absolute atomic E-state index is 0.0132. The Bertz CT molecular complexity index is 457. The van der Waals surface area contributed by atoms with Crippen LogP contribution in [0.25, 0.3) is 0 Å². The lowest BCUT2D eigenvalue weighted by Gasteiger charge is -2.11. The molecule has 110 valence electrons. The van der Waals surface area contributed by atoms with E-state index < -0.39 is 0 Å². The average molecular weight is 341 g/mol. The Kier molecular flexibility index (Phi) is 7.52. The second kappa shape index (κ2) is 8.90. The summed E-state index contributed by atoms with van der Waals surface area (Å²) in [4.78, 5) is 22.9. The van der Waals surface area contributed by atoms with E-state index in [0.717, 1.165) is 35.6 Å². The van der Waals surface area contributed by atoms with Gasteiger partial charge in [-0.15, -0.1) is 0 Å². The van der Waals surface area contributed by atoms with Crippen LogP contribution in [-0.4, -0.2) is 18.9 Å². The second-order valence-electron chi connectivity index (χ2n) is 4.81. The van der Waals surface area contributed by atoms with Gasteiger partial charge in [-0.2, -0.15) is 0 Å². The topological polar surface area (TPSA) is 43.4 Å². The molecule has 0 amide bonds. The normalized spacial score (nSPS) is 11.9. The highest BCUT2D eigenvalue weighted by molar-refractivity contribution is 9.10. The molecule has 1 rings (SSSR count). The Morgan fingerprint density at radius 1 is 1.35 bits per heavy atom. The molecule has 1 aromatic carbocycles. The molecule has 4 heteroatoms. The number of carbonyl (C=O) groups is 2. The molecule has 20 heavy (non-hydrogen) atoms. The molecule has 0 saturated heterocycles. The van der Waals surface area contributed by atoms with Gasteiger partial charge in [0.1, 0.15) is 6.29 Å². The van der Waals surface area contributed by atoms with Crippen molar-refractivity contribution in [3.8, 4) is 0 Å². The summed E-state index contributed by atoms with van der Waals surface area (Å²) in [6, 6.07) is 5.50. The predicted molar refractivity (Wildman–Crippen MR) is 82.9 cm³/mol. The predicted octanol–water partition coefficient (Wildman–Crippen LogP) is 4.17. The van der Waals surface area contributed by atoms with E-state index in [1.54, 1.807) is 13.0 Å². The number of benzene rings is 1. The van der Waals surface area contributed by atoms with Crippen molar-refractivity contribution in [3.05, 3.63) is 33.8 Å². The van der Waals surface area contributed by atoms with E-state index in [2.05, 4.69) is 22.9 Å². The van der Waals surface area contributed by atoms with Crippen LogP contribution in [0.1, 0.15) is 49.0 Å². The number of aldehydes is 1. The molecule has 0 radical (unpaired) electrons. The SMILES string of the molecule is CCCC[C@@H](C=O)Cc1cc(Br)cc(C(=O)OCC)c1. The lowest BCUT2D eigenvalue weighted by atomic mass is 9.94. The van der Waals surface area contributed by atoms with Gasteiger partial charge >= 0.3 is 5.97 Å². The highest BCUT2D eigenvalue weighted by Gasteiger charge is 2.12. The average Bonchev–Trinajstić information content (AvgIpc) is 2.43. The van der Waals surface area contributed by atoms with Gasteiger partial charge in [0.05, 0.1) is 12.2 Å². The highest BCUT2D eigenvalue weighted by Crippen LogP contribution is 2.20. The molecule has 0 fully saturated rings. The Labute approximate surface area is 128 Å². The standard InChI is InChI=1S/C16H21BrO3/c1-3-5-6-12(11-18)7-13-8-14(10-15(17)9-13)16(19)20-4-2/h8-12H,3-7H2,1-2H3/t12-/m1/s1. The monoisotopic (exact) mass is 340 g/mol. The summed E-state index contributed by atoms with van der Waals surface area (Å²) < 4.78 is 5.84. The van der Waals surface area contributed by atoms with Crippen LogP contribution < -0.4 is 0 Å². The minimum Gasteiger partial charge on any atom is -0.462 e. The first kappa shape index (κ1) is 16.9. The van der Waals surface area contributed by atoms with E-state index >= 15 is 0 Å². The summed E-state index contributed by atoms with van der Waals surface area (Å²) in [5.74, 6) is -0.314. The number of ether oxygens (including phenoxy) is 1. The maximum absolute atomic E-state index is 11.8. The van der Waals surface area contributed by atoms with Crippen LogP contribution in [0.3, 0.4) is 0 Å². The molecular weight excluding hydrogens is 320 g/mol. The Morgan fingerprint density at radius 3 is 2.70 bits per heavy atom. The third-order valence-corrected chi connectivity index (χ3v) is 3.55. The first-order chi connectivity index (χ1) is 9.60. The summed E-state index contributed by atoms with van der Waals surface area (Å²) in [6.45, 7) is 4.25. The molecule has 0 bridgehead atoms. The fourth-order valence-corrected chi connectivity index (χ4v) is 2.63. The smallest absolute Gasteiger partial charge is 0.338 e. The van der Waals surface area contributed by atoms with Gasteiger partial charge in [0.15, 0.2) is 0 Å². The molecule has 0 aliphatic carbocycles. The van der Waals surface area contributed by atoms with Crippen LogP contribution in [0.4, 0.5) is 0 Å². The Balaban J connectivity index is 2.83. The zero-order valence-corrected chi connectivity index (χ0v) is 13.6. The summed E-state index contributed by atoms with van der Waals surface area (Å²) in [7, 11) is 0. The molecule has 0 aliphatic heterocycles. The van der Waals surface area contributed by atoms with Gasteiger partial charge in [-0.1, -0.05) is 35.7 Å². The van der Waals surface area contributed by atoms with Crippen molar-refractivity contribution >= 4 is 28.2 Å². The first-order valence-electron chi connectivity index (χ1n) is 7.02. The van der Waals surface area contributed by atoms with Gasteiger partial charge in [0, 0.05) is 10.4 Å². The lowest BCUT2D eigenvalue weighted by molar-refractivity contribution is -0.111. The number of hydrogen-bond donors (Lipinski definition) is 0. The fraction of sp³-hybridized carbons (Fsp3) is 0.500. The number of halogens is 1. The molecule has 0 aromatic heterocycles. The van der Waals surface area contributed by atoms with Crippen molar-refractivity contribution in [1.82, 2.24) is 0 Å². The highest BCUT2D eigenvalue weighted by atomic mass is 79.9. The number of hydrogen-bond acceptors (Lipinski definition) is 3. The van der Waals surface area contributed by atoms with Crippen molar-refractivity contribution < 1.29 is 14.3 Å². The minimum atomic E-state index is -0.328. The van der Waals surface area contributed by atoms with Gasteiger partial charge in [0.2, 0.25) is 0 Å². The van der Waals surface area contributed by atoms with Crippen LogP contribution >= 0.6 is 15.9 Å². The van der Waals surface area contributed by atoms with Crippen LogP contribution in [0.15, 0.2) is 22.7 Å². The first-order valence-corrected chi connectivity index (χ1v) is 7.81. The molecular formula is C16H21BrO3. The molecule has 1 aromatic rings. The summed E-state index contributed by atoms with van der Waals surface area (Å²) in [6.07, 6.45) is 4.69. The third kappa shape index (κ3) is 5.45. The van der Waals surface area contributed by atoms with Crippen LogP contribution in [0.2, 0.25) is 0 Å². The Morgan fingerprint density at radius 2 is 2.10 bits per heavy atom. The van der Waals surface area contributed by atoms with Gasteiger partial charge < -0.3 is 9.53 Å². The summed E-state index contributed by atoms with van der Waals surface area (Å²) in [5.41, 5.74) is 1.51. The Hall–Kier alpha value is -1.16. The largest absolute Gasteiger partial charge is 0.462 e.